The molecular weight excluding hydrogens is 364 g/mol. The van der Waals surface area contributed by atoms with E-state index in [2.05, 4.69) is 31.4 Å². The van der Waals surface area contributed by atoms with E-state index in [-0.39, 0.29) is 5.69 Å². The Kier molecular flexibility index (Phi) is 5.70. The van der Waals surface area contributed by atoms with Crippen LogP contribution in [0.15, 0.2) is 58.4 Å². The van der Waals surface area contributed by atoms with Gasteiger partial charge in [0.2, 0.25) is 0 Å². The lowest BCUT2D eigenvalue weighted by Crippen LogP contribution is -2.17. The van der Waals surface area contributed by atoms with E-state index < -0.39 is 10.8 Å². The average Bonchev–Trinajstić information content (AvgIpc) is 2.54. The number of non-ortho nitro benzene ring substituents is 1. The molecule has 2 rings (SSSR count). The van der Waals surface area contributed by atoms with Crippen molar-refractivity contribution in [2.75, 3.05) is 0 Å². The van der Waals surface area contributed by atoms with Gasteiger partial charge in [0, 0.05) is 35.2 Å². The second kappa shape index (κ2) is 7.95. The third-order valence-electron chi connectivity index (χ3n) is 2.66. The quantitative estimate of drug-likeness (QED) is 0.493. The highest BCUT2D eigenvalue weighted by molar-refractivity contribution is 9.10. The number of halogens is 1. The normalized spacial score (nSPS) is 11.0. The maximum atomic E-state index is 11.8. The molecule has 0 fully saturated rings. The second-order valence-electron chi connectivity index (χ2n) is 4.32. The van der Waals surface area contributed by atoms with Gasteiger partial charge in [-0.3, -0.25) is 19.9 Å². The van der Waals surface area contributed by atoms with Crippen LogP contribution in [0.3, 0.4) is 0 Å². The number of aromatic nitrogens is 1. The molecule has 8 heteroatoms. The Hall–Kier alpha value is -2.87. The van der Waals surface area contributed by atoms with Crippen LogP contribution in [0.2, 0.25) is 0 Å². The minimum Gasteiger partial charge on any atom is -0.267 e. The van der Waals surface area contributed by atoms with Crippen LogP contribution in [0.25, 0.3) is 6.08 Å². The molecule has 0 spiro atoms. The van der Waals surface area contributed by atoms with Gasteiger partial charge in [0.25, 0.3) is 11.6 Å². The van der Waals surface area contributed by atoms with Crippen LogP contribution < -0.4 is 5.43 Å². The lowest BCUT2D eigenvalue weighted by Gasteiger charge is -1.98. The predicted octanol–water partition coefficient (Wildman–Crippen LogP) is 3.18. The Bertz CT molecular complexity index is 790. The topological polar surface area (TPSA) is 97.5 Å². The molecule has 7 nitrogen and oxygen atoms in total. The number of nitro groups is 1. The van der Waals surface area contributed by atoms with Crippen molar-refractivity contribution in [2.24, 2.45) is 5.10 Å². The number of pyridine rings is 1. The molecule has 1 aromatic carbocycles. The van der Waals surface area contributed by atoms with Gasteiger partial charge in [-0.2, -0.15) is 5.10 Å². The van der Waals surface area contributed by atoms with Gasteiger partial charge < -0.3 is 0 Å². The molecule has 2 aromatic rings. The van der Waals surface area contributed by atoms with Crippen LogP contribution in [0, 0.1) is 10.1 Å². The molecule has 0 radical (unpaired) electrons. The van der Waals surface area contributed by atoms with Crippen molar-refractivity contribution in [3.05, 3.63) is 74.5 Å². The molecule has 0 saturated heterocycles. The number of carbonyl (C=O) groups is 1. The smallest absolute Gasteiger partial charge is 0.267 e. The maximum absolute atomic E-state index is 11.8. The van der Waals surface area contributed by atoms with Gasteiger partial charge in [-0.15, -0.1) is 0 Å². The highest BCUT2D eigenvalue weighted by Gasteiger charge is 2.04. The van der Waals surface area contributed by atoms with E-state index in [4.69, 9.17) is 0 Å². The first-order valence-corrected chi connectivity index (χ1v) is 7.20. The average molecular weight is 375 g/mol. The van der Waals surface area contributed by atoms with Crippen molar-refractivity contribution < 1.29 is 9.72 Å². The number of amides is 1. The first-order chi connectivity index (χ1) is 11.1. The number of nitrogens with zero attached hydrogens (tertiary/aromatic N) is 3. The van der Waals surface area contributed by atoms with E-state index in [0.717, 1.165) is 0 Å². The molecule has 0 aliphatic carbocycles. The van der Waals surface area contributed by atoms with E-state index >= 15 is 0 Å². The fourth-order valence-corrected chi connectivity index (χ4v) is 2.00. The minimum absolute atomic E-state index is 0.0135. The molecule has 1 amide bonds. The van der Waals surface area contributed by atoms with Gasteiger partial charge in [0.05, 0.1) is 10.5 Å². The molecule has 0 aliphatic rings. The zero-order chi connectivity index (χ0) is 16.7. The van der Waals surface area contributed by atoms with Crippen molar-refractivity contribution in [1.29, 1.82) is 0 Å². The van der Waals surface area contributed by atoms with Crippen molar-refractivity contribution in [3.63, 3.8) is 0 Å². The van der Waals surface area contributed by atoms with Gasteiger partial charge in [-0.25, -0.2) is 5.43 Å². The van der Waals surface area contributed by atoms with E-state index in [0.29, 0.717) is 15.6 Å². The van der Waals surface area contributed by atoms with Crippen molar-refractivity contribution >= 4 is 39.8 Å². The molecule has 0 saturated carbocycles. The number of hydrogen-bond donors (Lipinski definition) is 1. The van der Waals surface area contributed by atoms with Crippen LogP contribution in [-0.4, -0.2) is 22.0 Å². The Labute approximate surface area is 140 Å². The third kappa shape index (κ3) is 5.11. The van der Waals surface area contributed by atoms with Crippen LogP contribution >= 0.6 is 15.9 Å². The monoisotopic (exact) mass is 374 g/mol. The lowest BCUT2D eigenvalue weighted by atomic mass is 10.2. The molecule has 0 aliphatic heterocycles. The fourth-order valence-electron chi connectivity index (χ4n) is 1.64. The highest BCUT2D eigenvalue weighted by Crippen LogP contribution is 2.13. The highest BCUT2D eigenvalue weighted by atomic mass is 79.9. The van der Waals surface area contributed by atoms with Crippen molar-refractivity contribution in [2.45, 2.75) is 0 Å². The molecule has 1 heterocycles. The summed E-state index contributed by atoms with van der Waals surface area (Å²) in [6.07, 6.45) is 7.58. The summed E-state index contributed by atoms with van der Waals surface area (Å²) < 4.78 is 0.694. The van der Waals surface area contributed by atoms with Crippen LogP contribution in [0.1, 0.15) is 15.9 Å². The Morgan fingerprint density at radius 2 is 2.17 bits per heavy atom. The molecule has 116 valence electrons. The standard InChI is InChI=1S/C15H11BrN4O3/c16-13-8-12(9-17-10-13)15(21)19-18-6-2-4-11-3-1-5-14(7-11)20(22)23/h1-10H,(H,19,21). The van der Waals surface area contributed by atoms with E-state index in [1.54, 1.807) is 36.5 Å². The number of carbonyl (C=O) groups excluding carboxylic acids is 1. The van der Waals surface area contributed by atoms with Gasteiger partial charge in [-0.05, 0) is 33.6 Å². The van der Waals surface area contributed by atoms with Gasteiger partial charge >= 0.3 is 0 Å². The first kappa shape index (κ1) is 16.5. The molecule has 1 N–H and O–H groups in total. The second-order valence-corrected chi connectivity index (χ2v) is 5.24. The molecule has 1 aromatic heterocycles. The van der Waals surface area contributed by atoms with Gasteiger partial charge in [-0.1, -0.05) is 18.2 Å². The van der Waals surface area contributed by atoms with Crippen molar-refractivity contribution in [3.8, 4) is 0 Å². The Morgan fingerprint density at radius 1 is 1.35 bits per heavy atom. The summed E-state index contributed by atoms with van der Waals surface area (Å²) in [6.45, 7) is 0. The predicted molar refractivity (Wildman–Crippen MR) is 90.0 cm³/mol. The SMILES string of the molecule is O=C(NN=CC=Cc1cccc([N+](=O)[O-])c1)c1cncc(Br)c1. The minimum atomic E-state index is -0.461. The molecule has 0 bridgehead atoms. The first-order valence-electron chi connectivity index (χ1n) is 6.41. The van der Waals surface area contributed by atoms with Gasteiger partial charge in [0.15, 0.2) is 0 Å². The van der Waals surface area contributed by atoms with Crippen LogP contribution in [0.4, 0.5) is 5.69 Å². The molecular formula is C15H11BrN4O3. The Balaban J connectivity index is 1.93. The fraction of sp³-hybridized carbons (Fsp3) is 0. The van der Waals surface area contributed by atoms with Crippen molar-refractivity contribution in [1.82, 2.24) is 10.4 Å². The largest absolute Gasteiger partial charge is 0.272 e. The maximum Gasteiger partial charge on any atom is 0.272 e. The summed E-state index contributed by atoms with van der Waals surface area (Å²) in [5, 5.41) is 14.4. The van der Waals surface area contributed by atoms with E-state index in [1.165, 1.54) is 24.5 Å². The van der Waals surface area contributed by atoms with E-state index in [1.807, 2.05) is 0 Å². The van der Waals surface area contributed by atoms with Crippen LogP contribution in [-0.2, 0) is 0 Å². The van der Waals surface area contributed by atoms with Gasteiger partial charge in [0.1, 0.15) is 0 Å². The lowest BCUT2D eigenvalue weighted by molar-refractivity contribution is -0.384. The van der Waals surface area contributed by atoms with E-state index in [9.17, 15) is 14.9 Å². The molecule has 23 heavy (non-hydrogen) atoms. The summed E-state index contributed by atoms with van der Waals surface area (Å²) in [5.74, 6) is -0.390. The number of hydrogen-bond acceptors (Lipinski definition) is 5. The molecule has 0 atom stereocenters. The summed E-state index contributed by atoms with van der Waals surface area (Å²) in [7, 11) is 0. The Morgan fingerprint density at radius 3 is 2.91 bits per heavy atom. The number of hydrazone groups is 1. The number of nitrogens with one attached hydrogen (secondary N) is 1. The summed E-state index contributed by atoms with van der Waals surface area (Å²) in [5.41, 5.74) is 3.40. The van der Waals surface area contributed by atoms with Crippen LogP contribution in [0.5, 0.6) is 0 Å². The zero-order valence-electron chi connectivity index (χ0n) is 11.7. The summed E-state index contributed by atoms with van der Waals surface area (Å²) in [6, 6.07) is 7.80. The number of benzene rings is 1. The molecule has 0 unspecified atom stereocenters. The zero-order valence-corrected chi connectivity index (χ0v) is 13.3. The third-order valence-corrected chi connectivity index (χ3v) is 3.10. The number of nitro benzene ring substituents is 1. The number of rotatable bonds is 5. The number of allylic oxidation sites excluding steroid dienone is 1. The summed E-state index contributed by atoms with van der Waals surface area (Å²) >= 11 is 3.23. The summed E-state index contributed by atoms with van der Waals surface area (Å²) in [4.78, 5) is 25.8.